The first-order chi connectivity index (χ1) is 9.19. The molecule has 1 heterocycles. The first kappa shape index (κ1) is 14.0. The molecule has 19 heavy (non-hydrogen) atoms. The highest BCUT2D eigenvalue weighted by Gasteiger charge is 2.23. The Balaban J connectivity index is 1.74. The summed E-state index contributed by atoms with van der Waals surface area (Å²) < 4.78 is 10.4. The second-order valence-corrected chi connectivity index (χ2v) is 5.10. The molecule has 2 rings (SSSR count). The fraction of sp³-hybridized carbons (Fsp3) is 0.500. The van der Waals surface area contributed by atoms with Gasteiger partial charge < -0.3 is 14.4 Å². The van der Waals surface area contributed by atoms with Gasteiger partial charge in [-0.1, -0.05) is 11.6 Å². The first-order valence-electron chi connectivity index (χ1n) is 6.40. The third-order valence-corrected chi connectivity index (χ3v) is 3.60. The zero-order valence-electron chi connectivity index (χ0n) is 11.0. The summed E-state index contributed by atoms with van der Waals surface area (Å²) in [4.78, 5) is 13.1. The molecule has 1 aliphatic heterocycles. The average molecular weight is 284 g/mol. The summed E-state index contributed by atoms with van der Waals surface area (Å²) in [6.45, 7) is 2.15. The van der Waals surface area contributed by atoms with Crippen molar-refractivity contribution in [1.29, 1.82) is 0 Å². The van der Waals surface area contributed by atoms with E-state index in [4.69, 9.17) is 21.1 Å². The summed E-state index contributed by atoms with van der Waals surface area (Å²) in [7, 11) is 1.41. The van der Waals surface area contributed by atoms with Gasteiger partial charge in [0.2, 0.25) is 0 Å². The number of rotatable bonds is 3. The monoisotopic (exact) mass is 283 g/mol. The van der Waals surface area contributed by atoms with Gasteiger partial charge in [-0.25, -0.2) is 4.79 Å². The van der Waals surface area contributed by atoms with Gasteiger partial charge in [-0.3, -0.25) is 0 Å². The van der Waals surface area contributed by atoms with Crippen LogP contribution in [0.15, 0.2) is 24.3 Å². The number of carbonyl (C=O) groups is 1. The van der Waals surface area contributed by atoms with Gasteiger partial charge in [0.1, 0.15) is 5.75 Å². The summed E-state index contributed by atoms with van der Waals surface area (Å²) in [5, 5.41) is 0.707. The van der Waals surface area contributed by atoms with Crippen molar-refractivity contribution >= 4 is 17.7 Å². The van der Waals surface area contributed by atoms with Gasteiger partial charge in [0, 0.05) is 18.1 Å². The van der Waals surface area contributed by atoms with Crippen LogP contribution in [0.5, 0.6) is 5.75 Å². The molecule has 5 heteroatoms. The Labute approximate surface area is 118 Å². The van der Waals surface area contributed by atoms with Crippen LogP contribution in [0.4, 0.5) is 4.79 Å². The number of piperidine rings is 1. The molecular weight excluding hydrogens is 266 g/mol. The molecule has 0 atom stereocenters. The molecule has 4 nitrogen and oxygen atoms in total. The highest BCUT2D eigenvalue weighted by Crippen LogP contribution is 2.21. The van der Waals surface area contributed by atoms with Gasteiger partial charge in [0.25, 0.3) is 0 Å². The quantitative estimate of drug-likeness (QED) is 0.855. The molecule has 0 radical (unpaired) electrons. The molecule has 0 bridgehead atoms. The predicted molar refractivity (Wildman–Crippen MR) is 73.6 cm³/mol. The Kier molecular flexibility index (Phi) is 4.91. The second kappa shape index (κ2) is 6.66. The van der Waals surface area contributed by atoms with Crippen molar-refractivity contribution in [2.45, 2.75) is 12.8 Å². The van der Waals surface area contributed by atoms with E-state index in [1.165, 1.54) is 7.11 Å². The maximum absolute atomic E-state index is 11.3. The third-order valence-electron chi connectivity index (χ3n) is 3.35. The molecule has 1 amide bonds. The molecule has 1 aromatic carbocycles. The zero-order chi connectivity index (χ0) is 13.7. The number of halogens is 1. The maximum atomic E-state index is 11.3. The van der Waals surface area contributed by atoms with Crippen LogP contribution in [0.2, 0.25) is 5.02 Å². The smallest absolute Gasteiger partial charge is 0.409 e. The average Bonchev–Trinajstić information content (AvgIpc) is 2.46. The summed E-state index contributed by atoms with van der Waals surface area (Å²) in [6.07, 6.45) is 1.66. The number of amides is 1. The van der Waals surface area contributed by atoms with Crippen LogP contribution in [0.25, 0.3) is 0 Å². The Morgan fingerprint density at radius 3 is 2.53 bits per heavy atom. The van der Waals surface area contributed by atoms with E-state index >= 15 is 0 Å². The number of hydrogen-bond acceptors (Lipinski definition) is 3. The minimum absolute atomic E-state index is 0.239. The van der Waals surface area contributed by atoms with E-state index < -0.39 is 0 Å². The van der Waals surface area contributed by atoms with Crippen molar-refractivity contribution in [3.63, 3.8) is 0 Å². The molecule has 0 spiro atoms. The fourth-order valence-electron chi connectivity index (χ4n) is 2.16. The maximum Gasteiger partial charge on any atom is 0.409 e. The lowest BCUT2D eigenvalue weighted by Gasteiger charge is -2.30. The topological polar surface area (TPSA) is 38.8 Å². The van der Waals surface area contributed by atoms with Gasteiger partial charge in [-0.15, -0.1) is 0 Å². The molecule has 1 aromatic rings. The van der Waals surface area contributed by atoms with Gasteiger partial charge in [-0.05, 0) is 43.0 Å². The van der Waals surface area contributed by atoms with Crippen molar-refractivity contribution in [3.05, 3.63) is 29.3 Å². The lowest BCUT2D eigenvalue weighted by Crippen LogP contribution is -2.39. The number of carbonyl (C=O) groups excluding carboxylic acids is 1. The predicted octanol–water partition coefficient (Wildman–Crippen LogP) is 3.20. The molecule has 104 valence electrons. The Hall–Kier alpha value is -1.42. The van der Waals surface area contributed by atoms with Crippen LogP contribution in [0, 0.1) is 5.92 Å². The van der Waals surface area contributed by atoms with Crippen LogP contribution in [-0.4, -0.2) is 37.8 Å². The molecule has 0 N–H and O–H groups in total. The lowest BCUT2D eigenvalue weighted by atomic mass is 9.98. The molecule has 1 saturated heterocycles. The molecule has 1 aliphatic rings. The summed E-state index contributed by atoms with van der Waals surface area (Å²) in [5.74, 6) is 1.32. The molecule has 0 aromatic heterocycles. The number of likely N-dealkylation sites (tertiary alicyclic amines) is 1. The molecule has 1 fully saturated rings. The van der Waals surface area contributed by atoms with E-state index in [0.717, 1.165) is 31.7 Å². The highest BCUT2D eigenvalue weighted by atomic mass is 35.5. The molecule has 0 aliphatic carbocycles. The fourth-order valence-corrected chi connectivity index (χ4v) is 2.28. The Bertz CT molecular complexity index is 413. The van der Waals surface area contributed by atoms with Crippen molar-refractivity contribution in [1.82, 2.24) is 4.90 Å². The number of hydrogen-bond donors (Lipinski definition) is 0. The number of nitrogens with zero attached hydrogens (tertiary/aromatic N) is 1. The lowest BCUT2D eigenvalue weighted by molar-refractivity contribution is 0.0965. The van der Waals surface area contributed by atoms with Gasteiger partial charge in [-0.2, -0.15) is 0 Å². The Morgan fingerprint density at radius 2 is 1.95 bits per heavy atom. The van der Waals surface area contributed by atoms with Gasteiger partial charge in [0.05, 0.1) is 13.7 Å². The molecule has 0 saturated carbocycles. The van der Waals surface area contributed by atoms with Crippen LogP contribution >= 0.6 is 11.6 Å². The molecular formula is C14H18ClNO3. The minimum Gasteiger partial charge on any atom is -0.493 e. The summed E-state index contributed by atoms with van der Waals surface area (Å²) >= 11 is 5.82. The van der Waals surface area contributed by atoms with Crippen LogP contribution in [-0.2, 0) is 4.74 Å². The normalized spacial score (nSPS) is 16.2. The van der Waals surface area contributed by atoms with E-state index in [-0.39, 0.29) is 6.09 Å². The summed E-state index contributed by atoms with van der Waals surface area (Å²) in [5.41, 5.74) is 0. The minimum atomic E-state index is -0.239. The largest absolute Gasteiger partial charge is 0.493 e. The third kappa shape index (κ3) is 4.03. The van der Waals surface area contributed by atoms with E-state index in [2.05, 4.69) is 0 Å². The van der Waals surface area contributed by atoms with Crippen molar-refractivity contribution < 1.29 is 14.3 Å². The van der Waals surface area contributed by atoms with Crippen molar-refractivity contribution in [3.8, 4) is 5.75 Å². The number of benzene rings is 1. The van der Waals surface area contributed by atoms with E-state index in [1.807, 2.05) is 24.3 Å². The number of ether oxygens (including phenoxy) is 2. The Morgan fingerprint density at radius 1 is 1.32 bits per heavy atom. The van der Waals surface area contributed by atoms with Crippen molar-refractivity contribution in [2.24, 2.45) is 5.92 Å². The van der Waals surface area contributed by atoms with E-state index in [9.17, 15) is 4.79 Å². The summed E-state index contributed by atoms with van der Waals surface area (Å²) in [6, 6.07) is 7.37. The SMILES string of the molecule is COC(=O)N1CCC(COc2ccc(Cl)cc2)CC1. The molecule has 0 unspecified atom stereocenters. The van der Waals surface area contributed by atoms with Crippen LogP contribution < -0.4 is 4.74 Å². The number of methoxy groups -OCH3 is 1. The van der Waals surface area contributed by atoms with Gasteiger partial charge >= 0.3 is 6.09 Å². The van der Waals surface area contributed by atoms with Gasteiger partial charge in [0.15, 0.2) is 0 Å². The highest BCUT2D eigenvalue weighted by molar-refractivity contribution is 6.30. The first-order valence-corrected chi connectivity index (χ1v) is 6.78. The standard InChI is InChI=1S/C14H18ClNO3/c1-18-14(17)16-8-6-11(7-9-16)10-19-13-4-2-12(15)3-5-13/h2-5,11H,6-10H2,1H3. The van der Waals surface area contributed by atoms with Crippen LogP contribution in [0.3, 0.4) is 0 Å². The van der Waals surface area contributed by atoms with E-state index in [1.54, 1.807) is 4.90 Å². The second-order valence-electron chi connectivity index (χ2n) is 4.67. The van der Waals surface area contributed by atoms with E-state index in [0.29, 0.717) is 17.5 Å². The van der Waals surface area contributed by atoms with Crippen molar-refractivity contribution in [2.75, 3.05) is 26.8 Å². The zero-order valence-corrected chi connectivity index (χ0v) is 11.7. The van der Waals surface area contributed by atoms with Crippen LogP contribution in [0.1, 0.15) is 12.8 Å².